The third-order valence-corrected chi connectivity index (χ3v) is 9.71. The first-order valence-electron chi connectivity index (χ1n) is 12.4. The fourth-order valence-corrected chi connectivity index (χ4v) is 8.09. The van der Waals surface area contributed by atoms with Crippen molar-refractivity contribution in [2.75, 3.05) is 13.2 Å². The quantitative estimate of drug-likeness (QED) is 0.276. The van der Waals surface area contributed by atoms with E-state index in [4.69, 9.17) is 10.6 Å². The van der Waals surface area contributed by atoms with Crippen LogP contribution in [0.3, 0.4) is 0 Å². The van der Waals surface area contributed by atoms with Crippen molar-refractivity contribution in [2.24, 2.45) is 51.3 Å². The maximum Gasteiger partial charge on any atom is 0.129 e. The Labute approximate surface area is 183 Å². The van der Waals surface area contributed by atoms with E-state index in [0.717, 1.165) is 36.5 Å². The molecule has 8 atom stereocenters. The average molecular weight is 415 g/mol. The molecule has 0 aromatic heterocycles. The van der Waals surface area contributed by atoms with Crippen molar-refractivity contribution in [1.82, 2.24) is 0 Å². The molecule has 0 aromatic carbocycles. The highest BCUT2D eigenvalue weighted by Crippen LogP contribution is 2.67. The molecule has 0 unspecified atom stereocenters. The van der Waals surface area contributed by atoms with Crippen LogP contribution in [0.15, 0.2) is 29.5 Å². The molecule has 0 amide bonds. The monoisotopic (exact) mass is 414 g/mol. The van der Waals surface area contributed by atoms with E-state index >= 15 is 0 Å². The second-order valence-electron chi connectivity index (χ2n) is 11.0. The fourth-order valence-electron chi connectivity index (χ4n) is 8.09. The van der Waals surface area contributed by atoms with Crippen LogP contribution in [0, 0.1) is 40.4 Å². The molecular formula is C26H42N2O2. The lowest BCUT2D eigenvalue weighted by atomic mass is 9.44. The van der Waals surface area contributed by atoms with Gasteiger partial charge < -0.3 is 15.7 Å². The molecule has 4 saturated carbocycles. The Morgan fingerprint density at radius 3 is 2.60 bits per heavy atom. The van der Waals surface area contributed by atoms with E-state index in [2.05, 4.69) is 37.2 Å². The molecule has 4 aliphatic rings. The number of nitrogens with zero attached hydrogens (tertiary/aromatic N) is 1. The Morgan fingerprint density at radius 1 is 0.967 bits per heavy atom. The summed E-state index contributed by atoms with van der Waals surface area (Å²) in [5, 5.41) is 14.1. The number of hydrogen-bond acceptors (Lipinski definition) is 4. The Kier molecular flexibility index (Phi) is 6.74. The number of fused-ring (bicyclic) bond motifs is 5. The SMILES string of the molecule is C[C@]12CC[C@H](O)C[C@H]1CC[C@@H]1[C@@H]2CC[C@]2(C)[C@@H](/C=C/C=C/C=N/OCCN)CC[C@@H]12. The van der Waals surface area contributed by atoms with Crippen LogP contribution in [0.1, 0.15) is 71.6 Å². The smallest absolute Gasteiger partial charge is 0.129 e. The van der Waals surface area contributed by atoms with Crippen molar-refractivity contribution in [2.45, 2.75) is 77.7 Å². The lowest BCUT2D eigenvalue weighted by Gasteiger charge is -2.60. The van der Waals surface area contributed by atoms with Gasteiger partial charge in [0.2, 0.25) is 0 Å². The van der Waals surface area contributed by atoms with E-state index < -0.39 is 0 Å². The molecule has 0 bridgehead atoms. The molecule has 0 aliphatic heterocycles. The minimum atomic E-state index is -0.0418. The molecule has 3 N–H and O–H groups in total. The molecule has 4 heteroatoms. The molecule has 4 aliphatic carbocycles. The topological polar surface area (TPSA) is 67.8 Å². The third kappa shape index (κ3) is 4.02. The summed E-state index contributed by atoms with van der Waals surface area (Å²) < 4.78 is 0. The van der Waals surface area contributed by atoms with Crippen molar-refractivity contribution in [3.63, 3.8) is 0 Å². The van der Waals surface area contributed by atoms with Crippen molar-refractivity contribution in [3.8, 4) is 0 Å². The van der Waals surface area contributed by atoms with Crippen LogP contribution in [0.4, 0.5) is 0 Å². The van der Waals surface area contributed by atoms with Crippen LogP contribution in [-0.4, -0.2) is 30.6 Å². The van der Waals surface area contributed by atoms with Gasteiger partial charge in [-0.25, -0.2) is 0 Å². The highest BCUT2D eigenvalue weighted by molar-refractivity contribution is 5.70. The van der Waals surface area contributed by atoms with Crippen LogP contribution in [0.2, 0.25) is 0 Å². The van der Waals surface area contributed by atoms with Gasteiger partial charge in [-0.2, -0.15) is 0 Å². The van der Waals surface area contributed by atoms with Crippen molar-refractivity contribution in [1.29, 1.82) is 0 Å². The van der Waals surface area contributed by atoms with E-state index in [0.29, 0.717) is 29.9 Å². The zero-order chi connectivity index (χ0) is 21.2. The van der Waals surface area contributed by atoms with Crippen molar-refractivity contribution >= 4 is 6.21 Å². The molecule has 0 heterocycles. The first-order valence-corrected chi connectivity index (χ1v) is 12.4. The minimum Gasteiger partial charge on any atom is -0.394 e. The Balaban J connectivity index is 1.40. The van der Waals surface area contributed by atoms with Crippen LogP contribution >= 0.6 is 0 Å². The minimum absolute atomic E-state index is 0.0418. The summed E-state index contributed by atoms with van der Waals surface area (Å²) in [6, 6.07) is 0. The lowest BCUT2D eigenvalue weighted by Crippen LogP contribution is -2.53. The average Bonchev–Trinajstić information content (AvgIpc) is 3.07. The number of aliphatic hydroxyl groups is 1. The van der Waals surface area contributed by atoms with Gasteiger partial charge in [0.05, 0.1) is 12.3 Å². The number of rotatable bonds is 6. The molecule has 0 radical (unpaired) electrons. The molecule has 4 fully saturated rings. The number of allylic oxidation sites excluding steroid dienone is 4. The summed E-state index contributed by atoms with van der Waals surface area (Å²) >= 11 is 0. The van der Waals surface area contributed by atoms with Crippen LogP contribution < -0.4 is 5.73 Å². The first-order chi connectivity index (χ1) is 14.5. The highest BCUT2D eigenvalue weighted by atomic mass is 16.6. The lowest BCUT2D eigenvalue weighted by molar-refractivity contribution is -0.124. The van der Waals surface area contributed by atoms with E-state index in [9.17, 15) is 5.11 Å². The van der Waals surface area contributed by atoms with E-state index in [-0.39, 0.29) is 6.10 Å². The zero-order valence-corrected chi connectivity index (χ0v) is 19.0. The molecule has 4 nitrogen and oxygen atoms in total. The number of nitrogens with two attached hydrogens (primary N) is 1. The van der Waals surface area contributed by atoms with Gasteiger partial charge >= 0.3 is 0 Å². The largest absolute Gasteiger partial charge is 0.394 e. The van der Waals surface area contributed by atoms with Crippen LogP contribution in [0.25, 0.3) is 0 Å². The number of hydrogen-bond donors (Lipinski definition) is 2. The van der Waals surface area contributed by atoms with Gasteiger partial charge in [-0.15, -0.1) is 0 Å². The van der Waals surface area contributed by atoms with Gasteiger partial charge in [0.15, 0.2) is 0 Å². The zero-order valence-electron chi connectivity index (χ0n) is 19.0. The summed E-state index contributed by atoms with van der Waals surface area (Å²) in [6.07, 6.45) is 21.9. The predicted molar refractivity (Wildman–Crippen MR) is 123 cm³/mol. The summed E-state index contributed by atoms with van der Waals surface area (Å²) in [4.78, 5) is 5.01. The summed E-state index contributed by atoms with van der Waals surface area (Å²) in [5.74, 6) is 4.11. The molecular weight excluding hydrogens is 372 g/mol. The van der Waals surface area contributed by atoms with Gasteiger partial charge in [0.25, 0.3) is 0 Å². The Morgan fingerprint density at radius 2 is 1.77 bits per heavy atom. The molecule has 0 saturated heterocycles. The van der Waals surface area contributed by atoms with Gasteiger partial charge in [-0.05, 0) is 104 Å². The summed E-state index contributed by atoms with van der Waals surface area (Å²) in [5.41, 5.74) is 6.31. The molecule has 0 aromatic rings. The van der Waals surface area contributed by atoms with Crippen molar-refractivity contribution < 1.29 is 9.94 Å². The number of aliphatic hydroxyl groups excluding tert-OH is 1. The fraction of sp³-hybridized carbons (Fsp3) is 0.808. The Hall–Kier alpha value is -1.13. The molecule has 30 heavy (non-hydrogen) atoms. The predicted octanol–water partition coefficient (Wildman–Crippen LogP) is 5.08. The van der Waals surface area contributed by atoms with Gasteiger partial charge in [-0.1, -0.05) is 37.2 Å². The summed E-state index contributed by atoms with van der Waals surface area (Å²) in [6.45, 7) is 6.12. The number of oxime groups is 1. The molecule has 168 valence electrons. The normalized spacial score (nSPS) is 46.3. The second kappa shape index (κ2) is 9.16. The molecule has 0 spiro atoms. The third-order valence-electron chi connectivity index (χ3n) is 9.71. The van der Waals surface area contributed by atoms with Gasteiger partial charge in [-0.3, -0.25) is 0 Å². The van der Waals surface area contributed by atoms with E-state index in [1.165, 1.54) is 44.9 Å². The molecule has 4 rings (SSSR count). The maximum absolute atomic E-state index is 10.2. The highest BCUT2D eigenvalue weighted by Gasteiger charge is 2.59. The Bertz CT molecular complexity index is 674. The second-order valence-corrected chi connectivity index (χ2v) is 11.0. The van der Waals surface area contributed by atoms with E-state index in [1.807, 2.05) is 6.08 Å². The summed E-state index contributed by atoms with van der Waals surface area (Å²) in [7, 11) is 0. The standard InChI is InChI=1S/C26H42N2O2/c1-25-14-12-24-22(9-7-20-18-21(29)11-13-26(20,24)2)23(25)10-8-19(25)6-4-3-5-16-28-30-17-15-27/h3-6,16,19-24,29H,7-15,17-18,27H2,1-2H3/b5-3+,6-4+,28-16+/t19-,20+,21-,22-,23-,24-,25+,26-/m0/s1. The van der Waals surface area contributed by atoms with Gasteiger partial charge in [0.1, 0.15) is 6.61 Å². The van der Waals surface area contributed by atoms with Crippen LogP contribution in [-0.2, 0) is 4.84 Å². The van der Waals surface area contributed by atoms with Crippen molar-refractivity contribution in [3.05, 3.63) is 24.3 Å². The van der Waals surface area contributed by atoms with Crippen LogP contribution in [0.5, 0.6) is 0 Å². The first kappa shape index (κ1) is 22.1. The maximum atomic E-state index is 10.2. The van der Waals surface area contributed by atoms with Gasteiger partial charge in [0, 0.05) is 6.54 Å². The van der Waals surface area contributed by atoms with E-state index in [1.54, 1.807) is 6.21 Å².